The largest absolute Gasteiger partial charge is 0.508 e. The lowest BCUT2D eigenvalue weighted by atomic mass is 10.2. The van der Waals surface area contributed by atoms with Crippen LogP contribution in [0.5, 0.6) is 5.75 Å². The van der Waals surface area contributed by atoms with E-state index >= 15 is 0 Å². The van der Waals surface area contributed by atoms with Crippen molar-refractivity contribution in [3.8, 4) is 11.4 Å². The first kappa shape index (κ1) is 9.04. The molecule has 0 aliphatic heterocycles. The van der Waals surface area contributed by atoms with E-state index in [1.807, 2.05) is 24.3 Å². The molecule has 0 aliphatic rings. The highest BCUT2D eigenvalue weighted by molar-refractivity contribution is 5.82. The maximum Gasteiger partial charge on any atom is 0.115 e. The highest BCUT2D eigenvalue weighted by Crippen LogP contribution is 2.20. The molecule has 0 fully saturated rings. The maximum atomic E-state index is 9.23. The van der Waals surface area contributed by atoms with Crippen LogP contribution in [0, 0.1) is 0 Å². The summed E-state index contributed by atoms with van der Waals surface area (Å²) in [4.78, 5) is 0. The van der Waals surface area contributed by atoms with Gasteiger partial charge in [0.15, 0.2) is 0 Å². The zero-order valence-electron chi connectivity index (χ0n) is 8.67. The number of nitrogens with zero attached hydrogens (tertiary/aromatic N) is 1. The van der Waals surface area contributed by atoms with Crippen LogP contribution in [0.4, 0.5) is 0 Å². The first-order valence-electron chi connectivity index (χ1n) is 5.19. The van der Waals surface area contributed by atoms with Gasteiger partial charge in [0, 0.05) is 18.1 Å². The Kier molecular flexibility index (Phi) is 1.93. The molecule has 0 amide bonds. The average molecular weight is 209 g/mol. The van der Waals surface area contributed by atoms with Gasteiger partial charge in [-0.25, -0.2) is 0 Å². The standard InChI is InChI=1S/C14H11NO/c16-14-7-5-13(6-8-14)15-9-11-3-1-2-4-12(11)10-15/h1-10,16H. The summed E-state index contributed by atoms with van der Waals surface area (Å²) in [5.74, 6) is 0.292. The van der Waals surface area contributed by atoms with E-state index in [0.29, 0.717) is 5.75 Å². The number of hydrogen-bond donors (Lipinski definition) is 1. The molecular formula is C14H11NO. The lowest BCUT2D eigenvalue weighted by Crippen LogP contribution is -1.87. The fourth-order valence-electron chi connectivity index (χ4n) is 1.86. The molecule has 2 nitrogen and oxygen atoms in total. The number of aromatic nitrogens is 1. The van der Waals surface area contributed by atoms with Crippen LogP contribution in [0.1, 0.15) is 0 Å². The van der Waals surface area contributed by atoms with Crippen LogP contribution < -0.4 is 0 Å². The molecule has 1 aromatic heterocycles. The Labute approximate surface area is 93.4 Å². The lowest BCUT2D eigenvalue weighted by molar-refractivity contribution is 0.475. The molecule has 0 aliphatic carbocycles. The minimum absolute atomic E-state index is 0.292. The number of rotatable bonds is 1. The van der Waals surface area contributed by atoms with E-state index in [2.05, 4.69) is 29.1 Å². The van der Waals surface area contributed by atoms with Crippen LogP contribution in [0.3, 0.4) is 0 Å². The molecule has 0 unspecified atom stereocenters. The SMILES string of the molecule is Oc1ccc(-n2cc3ccccc3c2)cc1. The van der Waals surface area contributed by atoms with E-state index in [-0.39, 0.29) is 0 Å². The second-order valence-electron chi connectivity index (χ2n) is 3.81. The number of benzene rings is 2. The molecule has 0 saturated heterocycles. The van der Waals surface area contributed by atoms with Gasteiger partial charge in [-0.15, -0.1) is 0 Å². The summed E-state index contributed by atoms with van der Waals surface area (Å²) in [6, 6.07) is 15.4. The lowest BCUT2D eigenvalue weighted by Gasteiger charge is -2.01. The molecule has 1 N–H and O–H groups in total. The van der Waals surface area contributed by atoms with Gasteiger partial charge in [0.2, 0.25) is 0 Å². The van der Waals surface area contributed by atoms with Gasteiger partial charge in [0.25, 0.3) is 0 Å². The summed E-state index contributed by atoms with van der Waals surface area (Å²) in [5.41, 5.74) is 1.05. The third-order valence-electron chi connectivity index (χ3n) is 2.70. The molecule has 16 heavy (non-hydrogen) atoms. The number of aromatic hydroxyl groups is 1. The number of phenols is 1. The second-order valence-corrected chi connectivity index (χ2v) is 3.81. The van der Waals surface area contributed by atoms with Gasteiger partial charge >= 0.3 is 0 Å². The Hall–Kier alpha value is -2.22. The smallest absolute Gasteiger partial charge is 0.115 e. The topological polar surface area (TPSA) is 25.2 Å². The molecule has 0 bridgehead atoms. The van der Waals surface area contributed by atoms with Crippen molar-refractivity contribution < 1.29 is 5.11 Å². The Morgan fingerprint density at radius 1 is 0.750 bits per heavy atom. The van der Waals surface area contributed by atoms with E-state index in [1.165, 1.54) is 10.8 Å². The Morgan fingerprint density at radius 2 is 1.31 bits per heavy atom. The number of phenolic OH excluding ortho intramolecular Hbond substituents is 1. The third-order valence-corrected chi connectivity index (χ3v) is 2.70. The summed E-state index contributed by atoms with van der Waals surface area (Å²) in [6.45, 7) is 0. The highest BCUT2D eigenvalue weighted by Gasteiger charge is 1.99. The van der Waals surface area contributed by atoms with Gasteiger partial charge in [0.05, 0.1) is 0 Å². The summed E-state index contributed by atoms with van der Waals surface area (Å²) >= 11 is 0. The Bertz CT molecular complexity index is 590. The first-order chi connectivity index (χ1) is 7.83. The van der Waals surface area contributed by atoms with E-state index in [1.54, 1.807) is 12.1 Å². The van der Waals surface area contributed by atoms with Crippen LogP contribution in [-0.4, -0.2) is 9.67 Å². The monoisotopic (exact) mass is 209 g/mol. The van der Waals surface area contributed by atoms with Crippen molar-refractivity contribution in [2.45, 2.75) is 0 Å². The predicted octanol–water partition coefficient (Wildman–Crippen LogP) is 3.34. The van der Waals surface area contributed by atoms with Gasteiger partial charge in [-0.3, -0.25) is 0 Å². The molecular weight excluding hydrogens is 198 g/mol. The molecule has 78 valence electrons. The minimum atomic E-state index is 0.292. The Morgan fingerprint density at radius 3 is 1.88 bits per heavy atom. The molecule has 2 aromatic carbocycles. The van der Waals surface area contributed by atoms with Gasteiger partial charge in [-0.2, -0.15) is 0 Å². The van der Waals surface area contributed by atoms with E-state index in [0.717, 1.165) is 5.69 Å². The fourth-order valence-corrected chi connectivity index (χ4v) is 1.86. The van der Waals surface area contributed by atoms with E-state index < -0.39 is 0 Å². The van der Waals surface area contributed by atoms with Gasteiger partial charge < -0.3 is 9.67 Å². The van der Waals surface area contributed by atoms with Gasteiger partial charge in [-0.1, -0.05) is 24.3 Å². The van der Waals surface area contributed by atoms with Crippen molar-refractivity contribution in [2.24, 2.45) is 0 Å². The van der Waals surface area contributed by atoms with Crippen LogP contribution >= 0.6 is 0 Å². The van der Waals surface area contributed by atoms with E-state index in [4.69, 9.17) is 0 Å². The molecule has 2 heteroatoms. The van der Waals surface area contributed by atoms with Crippen LogP contribution in [0.25, 0.3) is 16.5 Å². The maximum absolute atomic E-state index is 9.23. The van der Waals surface area contributed by atoms with E-state index in [9.17, 15) is 5.11 Å². The van der Waals surface area contributed by atoms with Gasteiger partial charge in [0.1, 0.15) is 5.75 Å². The summed E-state index contributed by atoms with van der Waals surface area (Å²) in [7, 11) is 0. The van der Waals surface area contributed by atoms with Crippen LogP contribution in [-0.2, 0) is 0 Å². The van der Waals surface area contributed by atoms with Crippen LogP contribution in [0.2, 0.25) is 0 Å². The minimum Gasteiger partial charge on any atom is -0.508 e. The van der Waals surface area contributed by atoms with Crippen molar-refractivity contribution in [3.63, 3.8) is 0 Å². The van der Waals surface area contributed by atoms with Crippen molar-refractivity contribution in [3.05, 3.63) is 60.9 Å². The number of hydrogen-bond acceptors (Lipinski definition) is 1. The molecule has 0 atom stereocenters. The molecule has 0 saturated carbocycles. The zero-order chi connectivity index (χ0) is 11.0. The fraction of sp³-hybridized carbons (Fsp3) is 0. The second kappa shape index (κ2) is 3.42. The van der Waals surface area contributed by atoms with Crippen LogP contribution in [0.15, 0.2) is 60.9 Å². The molecule has 3 rings (SSSR count). The van der Waals surface area contributed by atoms with Crippen molar-refractivity contribution in [1.29, 1.82) is 0 Å². The Balaban J connectivity index is 2.15. The first-order valence-corrected chi connectivity index (χ1v) is 5.19. The quantitative estimate of drug-likeness (QED) is 0.653. The molecule has 3 aromatic rings. The molecule has 1 heterocycles. The van der Waals surface area contributed by atoms with Crippen molar-refractivity contribution in [1.82, 2.24) is 4.57 Å². The summed E-state index contributed by atoms with van der Waals surface area (Å²) < 4.78 is 2.06. The normalized spacial score (nSPS) is 10.8. The van der Waals surface area contributed by atoms with Crippen molar-refractivity contribution in [2.75, 3.05) is 0 Å². The van der Waals surface area contributed by atoms with Gasteiger partial charge in [-0.05, 0) is 35.0 Å². The molecule has 0 spiro atoms. The predicted molar refractivity (Wildman–Crippen MR) is 64.9 cm³/mol. The highest BCUT2D eigenvalue weighted by atomic mass is 16.3. The number of fused-ring (bicyclic) bond motifs is 1. The average Bonchev–Trinajstić information content (AvgIpc) is 2.73. The summed E-state index contributed by atoms with van der Waals surface area (Å²) in [6.07, 6.45) is 4.17. The third kappa shape index (κ3) is 1.44. The summed E-state index contributed by atoms with van der Waals surface area (Å²) in [5, 5.41) is 11.7. The zero-order valence-corrected chi connectivity index (χ0v) is 8.67. The molecule has 0 radical (unpaired) electrons. The van der Waals surface area contributed by atoms with Crippen molar-refractivity contribution >= 4 is 10.8 Å².